The van der Waals surface area contributed by atoms with Gasteiger partial charge in [0.15, 0.2) is 6.23 Å². The number of hydrazine groups is 1. The first kappa shape index (κ1) is 14.7. The Morgan fingerprint density at radius 3 is 2.45 bits per heavy atom. The number of nitrogens with two attached hydrogens (primary N) is 1. The number of hydrogen-bond acceptors (Lipinski definition) is 7. The Balaban J connectivity index is 1.89. The lowest BCUT2D eigenvalue weighted by Crippen LogP contribution is -2.49. The average Bonchev–Trinajstić information content (AvgIpc) is 2.73. The largest absolute Gasteiger partial charge is 0.399 e. The highest BCUT2D eigenvalue weighted by atomic mass is 16.6. The van der Waals surface area contributed by atoms with Crippen LogP contribution in [0.5, 0.6) is 0 Å². The van der Waals surface area contributed by atoms with Crippen molar-refractivity contribution < 1.29 is 24.9 Å². The maximum Gasteiger partial charge on any atom is 0.265 e. The van der Waals surface area contributed by atoms with Gasteiger partial charge < -0.3 is 25.8 Å². The quantitative estimate of drug-likeness (QED) is 0.276. The summed E-state index contributed by atoms with van der Waals surface area (Å²) in [5.41, 5.74) is 11.2. The Morgan fingerprint density at radius 2 is 1.90 bits per heavy atom. The minimum absolute atomic E-state index is 0.374. The molecule has 7 N–H and O–H groups in total. The maximum absolute atomic E-state index is 11.8. The molecule has 0 radical (unpaired) electrons. The fraction of sp³-hybridized carbons (Fsp3) is 0.417. The molecule has 4 atom stereocenters. The summed E-state index contributed by atoms with van der Waals surface area (Å²) in [7, 11) is 0. The first-order valence-electron chi connectivity index (χ1n) is 6.07. The fourth-order valence-electron chi connectivity index (χ4n) is 1.86. The molecule has 2 rings (SSSR count). The molecule has 20 heavy (non-hydrogen) atoms. The molecular weight excluding hydrogens is 266 g/mol. The number of aliphatic hydroxyl groups excluding tert-OH is 3. The van der Waals surface area contributed by atoms with Crippen LogP contribution in [0.2, 0.25) is 0 Å². The summed E-state index contributed by atoms with van der Waals surface area (Å²) in [5.74, 6) is -0.442. The van der Waals surface area contributed by atoms with E-state index in [1.807, 2.05) is 0 Å². The molecule has 1 aromatic rings. The number of nitrogens with one attached hydrogen (secondary N) is 2. The van der Waals surface area contributed by atoms with Crippen molar-refractivity contribution in [3.63, 3.8) is 0 Å². The van der Waals surface area contributed by atoms with E-state index >= 15 is 0 Å². The zero-order valence-electron chi connectivity index (χ0n) is 10.6. The predicted octanol–water partition coefficient (Wildman–Crippen LogP) is -2.06. The van der Waals surface area contributed by atoms with E-state index in [0.717, 1.165) is 0 Å². The molecule has 0 unspecified atom stereocenters. The molecule has 1 aromatic carbocycles. The molecule has 0 bridgehead atoms. The summed E-state index contributed by atoms with van der Waals surface area (Å²) >= 11 is 0. The normalized spacial score (nSPS) is 29.4. The number of carbonyl (C=O) groups is 1. The number of hydrogen-bond donors (Lipinski definition) is 6. The number of rotatable bonds is 4. The maximum atomic E-state index is 11.8. The van der Waals surface area contributed by atoms with Gasteiger partial charge in [0.1, 0.15) is 18.3 Å². The highest BCUT2D eigenvalue weighted by molar-refractivity contribution is 5.94. The van der Waals surface area contributed by atoms with Crippen LogP contribution in [0.3, 0.4) is 0 Å². The molecule has 8 heteroatoms. The molecule has 8 nitrogen and oxygen atoms in total. The highest BCUT2D eigenvalue weighted by Gasteiger charge is 2.42. The fourth-order valence-corrected chi connectivity index (χ4v) is 1.86. The molecular formula is C12H17N3O5. The third kappa shape index (κ3) is 3.06. The first-order chi connectivity index (χ1) is 9.52. The first-order valence-corrected chi connectivity index (χ1v) is 6.07. The molecule has 110 valence electrons. The van der Waals surface area contributed by atoms with Crippen LogP contribution >= 0.6 is 0 Å². The Kier molecular flexibility index (Phi) is 4.53. The van der Waals surface area contributed by atoms with Crippen molar-refractivity contribution in [2.75, 3.05) is 12.3 Å². The lowest BCUT2D eigenvalue weighted by molar-refractivity contribution is -0.0375. The topological polar surface area (TPSA) is 137 Å². The third-order valence-electron chi connectivity index (χ3n) is 3.04. The average molecular weight is 283 g/mol. The van der Waals surface area contributed by atoms with Crippen molar-refractivity contribution in [1.29, 1.82) is 0 Å². The molecule has 1 saturated heterocycles. The van der Waals surface area contributed by atoms with Crippen molar-refractivity contribution in [3.05, 3.63) is 29.8 Å². The van der Waals surface area contributed by atoms with Crippen LogP contribution in [0.25, 0.3) is 0 Å². The predicted molar refractivity (Wildman–Crippen MR) is 69.2 cm³/mol. The smallest absolute Gasteiger partial charge is 0.265 e. The van der Waals surface area contributed by atoms with Gasteiger partial charge in [-0.3, -0.25) is 10.2 Å². The van der Waals surface area contributed by atoms with Gasteiger partial charge in [-0.2, -0.15) is 0 Å². The van der Waals surface area contributed by atoms with Crippen LogP contribution in [0, 0.1) is 0 Å². The van der Waals surface area contributed by atoms with Gasteiger partial charge >= 0.3 is 0 Å². The second kappa shape index (κ2) is 6.16. The number of anilines is 1. The Bertz CT molecular complexity index is 467. The lowest BCUT2D eigenvalue weighted by atomic mass is 10.1. The molecule has 1 aliphatic rings. The van der Waals surface area contributed by atoms with E-state index in [9.17, 15) is 15.0 Å². The number of aliphatic hydroxyl groups is 3. The van der Waals surface area contributed by atoms with Gasteiger partial charge in [-0.05, 0) is 24.3 Å². The van der Waals surface area contributed by atoms with Crippen LogP contribution in [0.4, 0.5) is 5.69 Å². The Labute approximate surface area is 115 Å². The van der Waals surface area contributed by atoms with Crippen LogP contribution in [-0.4, -0.2) is 52.4 Å². The summed E-state index contributed by atoms with van der Waals surface area (Å²) in [6.07, 6.45) is -4.36. The summed E-state index contributed by atoms with van der Waals surface area (Å²) < 4.78 is 5.14. The Morgan fingerprint density at radius 1 is 1.25 bits per heavy atom. The standard InChI is InChI=1S/C12H17N3O5/c13-7-3-1-6(2-4-7)11(19)14-15-12-10(18)9(17)8(5-16)20-12/h1-4,8-10,12,15-18H,5,13H2,(H,14,19)/t8-,9-,10-,12-/m1/s1. The molecule has 0 aliphatic carbocycles. The SMILES string of the molecule is Nc1ccc(C(=O)NN[C@@H]2O[C@H](CO)[C@@H](O)[C@H]2O)cc1. The zero-order chi connectivity index (χ0) is 14.7. The van der Waals surface area contributed by atoms with Gasteiger partial charge in [0.2, 0.25) is 0 Å². The summed E-state index contributed by atoms with van der Waals surface area (Å²) in [6.45, 7) is -0.428. The number of carbonyl (C=O) groups excluding carboxylic acids is 1. The molecule has 0 saturated carbocycles. The summed E-state index contributed by atoms with van der Waals surface area (Å²) in [5, 5.41) is 28.1. The van der Waals surface area contributed by atoms with E-state index < -0.39 is 37.1 Å². The second-order valence-electron chi connectivity index (χ2n) is 4.48. The van der Waals surface area contributed by atoms with Crippen LogP contribution in [0.15, 0.2) is 24.3 Å². The van der Waals surface area contributed by atoms with Gasteiger partial charge in [0.05, 0.1) is 6.61 Å². The number of amides is 1. The number of benzene rings is 1. The zero-order valence-corrected chi connectivity index (χ0v) is 10.6. The van der Waals surface area contributed by atoms with Crippen molar-refractivity contribution in [2.24, 2.45) is 0 Å². The molecule has 1 fully saturated rings. The summed E-state index contributed by atoms with van der Waals surface area (Å²) in [4.78, 5) is 11.8. The lowest BCUT2D eigenvalue weighted by Gasteiger charge is -2.17. The third-order valence-corrected chi connectivity index (χ3v) is 3.04. The van der Waals surface area contributed by atoms with Crippen LogP contribution < -0.4 is 16.6 Å². The van der Waals surface area contributed by atoms with E-state index in [1.54, 1.807) is 24.3 Å². The van der Waals surface area contributed by atoms with Gasteiger partial charge in [-0.1, -0.05) is 0 Å². The van der Waals surface area contributed by atoms with Crippen molar-refractivity contribution >= 4 is 11.6 Å². The van der Waals surface area contributed by atoms with Crippen molar-refractivity contribution in [3.8, 4) is 0 Å². The minimum atomic E-state index is -1.25. The molecule has 0 spiro atoms. The summed E-state index contributed by atoms with van der Waals surface area (Å²) in [6, 6.07) is 6.26. The van der Waals surface area contributed by atoms with E-state index in [2.05, 4.69) is 10.9 Å². The molecule has 1 amide bonds. The molecule has 0 aromatic heterocycles. The minimum Gasteiger partial charge on any atom is -0.399 e. The van der Waals surface area contributed by atoms with E-state index in [1.165, 1.54) is 0 Å². The van der Waals surface area contributed by atoms with E-state index in [0.29, 0.717) is 11.3 Å². The van der Waals surface area contributed by atoms with Gasteiger partial charge in [0, 0.05) is 11.3 Å². The van der Waals surface area contributed by atoms with Crippen LogP contribution in [-0.2, 0) is 4.74 Å². The van der Waals surface area contributed by atoms with E-state index in [4.69, 9.17) is 15.6 Å². The molecule has 1 aliphatic heterocycles. The van der Waals surface area contributed by atoms with Crippen molar-refractivity contribution in [1.82, 2.24) is 10.9 Å². The highest BCUT2D eigenvalue weighted by Crippen LogP contribution is 2.18. The van der Waals surface area contributed by atoms with E-state index in [-0.39, 0.29) is 0 Å². The number of ether oxygens (including phenoxy) is 1. The second-order valence-corrected chi connectivity index (χ2v) is 4.48. The van der Waals surface area contributed by atoms with Gasteiger partial charge in [-0.15, -0.1) is 0 Å². The number of nitrogen functional groups attached to an aromatic ring is 1. The van der Waals surface area contributed by atoms with Crippen molar-refractivity contribution in [2.45, 2.75) is 24.5 Å². The Hall–Kier alpha value is -1.71. The van der Waals surface area contributed by atoms with Gasteiger partial charge in [0.25, 0.3) is 5.91 Å². The monoisotopic (exact) mass is 283 g/mol. The molecule has 1 heterocycles. The van der Waals surface area contributed by atoms with Gasteiger partial charge in [-0.25, -0.2) is 5.43 Å². The van der Waals surface area contributed by atoms with Crippen LogP contribution in [0.1, 0.15) is 10.4 Å².